The molecular formula is C25H16N4O3S2. The average molecular weight is 485 g/mol. The molecule has 0 saturated heterocycles. The van der Waals surface area contributed by atoms with Gasteiger partial charge in [0.05, 0.1) is 34.0 Å². The predicted octanol–water partition coefficient (Wildman–Crippen LogP) is 5.24. The average Bonchev–Trinajstić information content (AvgIpc) is 3.53. The summed E-state index contributed by atoms with van der Waals surface area (Å²) in [6, 6.07) is 20.2. The topological polar surface area (TPSA) is 93.8 Å². The van der Waals surface area contributed by atoms with Crippen LogP contribution in [0.3, 0.4) is 0 Å². The Labute approximate surface area is 200 Å². The van der Waals surface area contributed by atoms with Gasteiger partial charge in [0, 0.05) is 10.9 Å². The van der Waals surface area contributed by atoms with Crippen LogP contribution in [-0.4, -0.2) is 19.5 Å². The highest BCUT2D eigenvalue weighted by Crippen LogP contribution is 2.33. The number of benzene rings is 2. The number of aromatic nitrogens is 4. The number of hydrogen-bond donors (Lipinski definition) is 1. The molecule has 0 atom stereocenters. The molecule has 6 rings (SSSR count). The summed E-state index contributed by atoms with van der Waals surface area (Å²) >= 11 is 2.75. The van der Waals surface area contributed by atoms with Gasteiger partial charge in [0.1, 0.15) is 16.4 Å². The molecule has 0 unspecified atom stereocenters. The Balaban J connectivity index is 1.48. The fourth-order valence-electron chi connectivity index (χ4n) is 3.82. The van der Waals surface area contributed by atoms with Crippen molar-refractivity contribution in [2.75, 3.05) is 0 Å². The summed E-state index contributed by atoms with van der Waals surface area (Å²) in [4.78, 5) is 39.1. The zero-order valence-corrected chi connectivity index (χ0v) is 19.2. The van der Waals surface area contributed by atoms with Gasteiger partial charge < -0.3 is 9.40 Å². The number of thiophene rings is 1. The Morgan fingerprint density at radius 1 is 0.971 bits per heavy atom. The molecule has 2 aromatic carbocycles. The van der Waals surface area contributed by atoms with E-state index < -0.39 is 0 Å². The Morgan fingerprint density at radius 3 is 2.62 bits per heavy atom. The first-order chi connectivity index (χ1) is 16.7. The number of thioether (sulfide) groups is 1. The molecule has 4 aromatic heterocycles. The monoisotopic (exact) mass is 484 g/mol. The van der Waals surface area contributed by atoms with Crippen molar-refractivity contribution in [3.05, 3.63) is 105 Å². The summed E-state index contributed by atoms with van der Waals surface area (Å²) in [5.74, 6) is 1.49. The summed E-state index contributed by atoms with van der Waals surface area (Å²) < 4.78 is 7.15. The maximum Gasteiger partial charge on any atom is 0.268 e. The lowest BCUT2D eigenvalue weighted by atomic mass is 10.2. The van der Waals surface area contributed by atoms with Crippen molar-refractivity contribution in [1.82, 2.24) is 19.5 Å². The van der Waals surface area contributed by atoms with E-state index in [1.165, 1.54) is 23.1 Å². The number of furan rings is 1. The normalized spacial score (nSPS) is 11.4. The zero-order chi connectivity index (χ0) is 23.1. The Morgan fingerprint density at radius 2 is 1.79 bits per heavy atom. The molecule has 6 aromatic rings. The maximum atomic E-state index is 13.8. The first kappa shape index (κ1) is 20.6. The van der Waals surface area contributed by atoms with E-state index in [1.54, 1.807) is 23.0 Å². The van der Waals surface area contributed by atoms with E-state index in [0.29, 0.717) is 49.3 Å². The minimum absolute atomic E-state index is 0.175. The third-order valence-electron chi connectivity index (χ3n) is 5.38. The fourth-order valence-corrected chi connectivity index (χ4v) is 5.67. The molecule has 1 N–H and O–H groups in total. The van der Waals surface area contributed by atoms with Crippen LogP contribution in [0, 0.1) is 0 Å². The lowest BCUT2D eigenvalue weighted by molar-refractivity contribution is 0.583. The summed E-state index contributed by atoms with van der Waals surface area (Å²) in [5, 5.41) is 3.48. The second-order valence-corrected chi connectivity index (χ2v) is 9.30. The first-order valence-corrected chi connectivity index (χ1v) is 12.3. The van der Waals surface area contributed by atoms with Gasteiger partial charge in [-0.1, -0.05) is 42.1 Å². The molecule has 34 heavy (non-hydrogen) atoms. The standard InChI is InChI=1S/C25H16N4O3S2/c30-22-16-9-4-5-10-18(16)26-20(27-22)14-34-25-28-23-21(17(13-33-23)19-11-6-12-32-19)24(31)29(25)15-7-2-1-3-8-15/h1-13H,14H2,(H,26,27,30). The van der Waals surface area contributed by atoms with Crippen molar-refractivity contribution in [3.63, 3.8) is 0 Å². The van der Waals surface area contributed by atoms with Crippen molar-refractivity contribution < 1.29 is 4.42 Å². The van der Waals surface area contributed by atoms with E-state index in [-0.39, 0.29) is 11.1 Å². The van der Waals surface area contributed by atoms with Gasteiger partial charge in [-0.3, -0.25) is 14.2 Å². The summed E-state index contributed by atoms with van der Waals surface area (Å²) in [7, 11) is 0. The maximum absolute atomic E-state index is 13.8. The lowest BCUT2D eigenvalue weighted by Gasteiger charge is -2.12. The van der Waals surface area contributed by atoms with Gasteiger partial charge >= 0.3 is 0 Å². The molecule has 7 nitrogen and oxygen atoms in total. The lowest BCUT2D eigenvalue weighted by Crippen LogP contribution is -2.21. The number of fused-ring (bicyclic) bond motifs is 2. The van der Waals surface area contributed by atoms with E-state index in [4.69, 9.17) is 9.40 Å². The van der Waals surface area contributed by atoms with Crippen LogP contribution >= 0.6 is 23.1 Å². The van der Waals surface area contributed by atoms with Crippen LogP contribution in [0.25, 0.3) is 38.1 Å². The van der Waals surface area contributed by atoms with E-state index >= 15 is 0 Å². The van der Waals surface area contributed by atoms with Crippen LogP contribution in [0.1, 0.15) is 5.82 Å². The minimum atomic E-state index is -0.189. The molecular weight excluding hydrogens is 468 g/mol. The SMILES string of the molecule is O=c1[nH]c(CSc2nc3scc(-c4ccco4)c3c(=O)n2-c2ccccc2)nc2ccccc12. The molecule has 0 aliphatic carbocycles. The van der Waals surface area contributed by atoms with Gasteiger partial charge in [-0.05, 0) is 36.4 Å². The molecule has 0 fully saturated rings. The van der Waals surface area contributed by atoms with Crippen LogP contribution in [0.2, 0.25) is 0 Å². The predicted molar refractivity (Wildman–Crippen MR) is 135 cm³/mol. The van der Waals surface area contributed by atoms with Crippen LogP contribution in [-0.2, 0) is 5.75 Å². The van der Waals surface area contributed by atoms with Gasteiger partial charge in [0.25, 0.3) is 11.1 Å². The Bertz CT molecular complexity index is 1750. The number of aromatic amines is 1. The third-order valence-corrected chi connectivity index (χ3v) is 7.20. The second-order valence-electron chi connectivity index (χ2n) is 7.50. The van der Waals surface area contributed by atoms with Crippen molar-refractivity contribution in [1.29, 1.82) is 0 Å². The van der Waals surface area contributed by atoms with Crippen molar-refractivity contribution in [2.24, 2.45) is 0 Å². The molecule has 0 saturated carbocycles. The van der Waals surface area contributed by atoms with E-state index in [2.05, 4.69) is 9.97 Å². The van der Waals surface area contributed by atoms with Crippen LogP contribution in [0.15, 0.2) is 97.5 Å². The van der Waals surface area contributed by atoms with Crippen molar-refractivity contribution in [2.45, 2.75) is 10.9 Å². The van der Waals surface area contributed by atoms with Crippen molar-refractivity contribution in [3.8, 4) is 17.0 Å². The van der Waals surface area contributed by atoms with Gasteiger partial charge in [-0.25, -0.2) is 9.97 Å². The molecule has 166 valence electrons. The zero-order valence-electron chi connectivity index (χ0n) is 17.6. The smallest absolute Gasteiger partial charge is 0.268 e. The third kappa shape index (κ3) is 3.55. The number of H-pyrrole nitrogens is 1. The largest absolute Gasteiger partial charge is 0.464 e. The van der Waals surface area contributed by atoms with Gasteiger partial charge in [-0.15, -0.1) is 11.3 Å². The van der Waals surface area contributed by atoms with Crippen LogP contribution in [0.4, 0.5) is 0 Å². The van der Waals surface area contributed by atoms with Gasteiger partial charge in [0.2, 0.25) is 0 Å². The number of nitrogens with one attached hydrogen (secondary N) is 1. The summed E-state index contributed by atoms with van der Waals surface area (Å²) in [5.41, 5.74) is 1.70. The quantitative estimate of drug-likeness (QED) is 0.266. The second kappa shape index (κ2) is 8.44. The molecule has 0 spiro atoms. The Kier molecular flexibility index (Phi) is 5.12. The number of nitrogens with zero attached hydrogens (tertiary/aromatic N) is 3. The molecule has 0 bridgehead atoms. The van der Waals surface area contributed by atoms with E-state index in [0.717, 1.165) is 5.56 Å². The van der Waals surface area contributed by atoms with Gasteiger partial charge in [0.15, 0.2) is 5.16 Å². The first-order valence-electron chi connectivity index (χ1n) is 10.4. The highest BCUT2D eigenvalue weighted by Gasteiger charge is 2.20. The van der Waals surface area contributed by atoms with E-state index in [9.17, 15) is 9.59 Å². The Hall–Kier alpha value is -3.95. The molecule has 0 aliphatic rings. The highest BCUT2D eigenvalue weighted by molar-refractivity contribution is 7.98. The van der Waals surface area contributed by atoms with Gasteiger partial charge in [-0.2, -0.15) is 0 Å². The summed E-state index contributed by atoms with van der Waals surface area (Å²) in [6.07, 6.45) is 1.59. The molecule has 9 heteroatoms. The number of para-hydroxylation sites is 2. The van der Waals surface area contributed by atoms with Crippen molar-refractivity contribution >= 4 is 44.2 Å². The van der Waals surface area contributed by atoms with Crippen LogP contribution in [0.5, 0.6) is 0 Å². The number of hydrogen-bond acceptors (Lipinski definition) is 7. The van der Waals surface area contributed by atoms with E-state index in [1.807, 2.05) is 60.0 Å². The molecule has 0 aliphatic heterocycles. The molecule has 4 heterocycles. The number of rotatable bonds is 5. The minimum Gasteiger partial charge on any atom is -0.464 e. The molecule has 0 amide bonds. The highest BCUT2D eigenvalue weighted by atomic mass is 32.2. The fraction of sp³-hybridized carbons (Fsp3) is 0.0400. The summed E-state index contributed by atoms with van der Waals surface area (Å²) in [6.45, 7) is 0. The molecule has 0 radical (unpaired) electrons. The van der Waals surface area contributed by atoms with Crippen LogP contribution < -0.4 is 11.1 Å².